The number of benzene rings is 1. The fourth-order valence-electron chi connectivity index (χ4n) is 1.78. The number of amides is 1. The van der Waals surface area contributed by atoms with E-state index in [2.05, 4.69) is 6.07 Å². The van der Waals surface area contributed by atoms with Gasteiger partial charge < -0.3 is 4.74 Å². The van der Waals surface area contributed by atoms with Gasteiger partial charge in [0.25, 0.3) is 0 Å². The van der Waals surface area contributed by atoms with E-state index >= 15 is 0 Å². The van der Waals surface area contributed by atoms with Gasteiger partial charge in [-0.25, -0.2) is 4.79 Å². The maximum absolute atomic E-state index is 11.6. The molecule has 1 aromatic carbocycles. The highest BCUT2D eigenvalue weighted by Crippen LogP contribution is 2.22. The fourth-order valence-corrected chi connectivity index (χ4v) is 1.78. The van der Waals surface area contributed by atoms with Crippen LogP contribution in [0.3, 0.4) is 0 Å². The summed E-state index contributed by atoms with van der Waals surface area (Å²) in [6.07, 6.45) is -0.484. The number of hydrogen-bond acceptors (Lipinski definition) is 4. The molecule has 0 N–H and O–H groups in total. The Morgan fingerprint density at radius 2 is 2.33 bits per heavy atom. The standard InChI is InChI=1S/C13H12N2O3/c1-9(16)11-3-2-4-12(5-11)15-7-10(6-14)8-18-13(15)17/h2-5,10H,7-8H2,1H3. The highest BCUT2D eigenvalue weighted by atomic mass is 16.6. The third kappa shape index (κ3) is 2.33. The molecule has 0 aliphatic carbocycles. The predicted octanol–water partition coefficient (Wildman–Crippen LogP) is 1.99. The van der Waals surface area contributed by atoms with Crippen molar-refractivity contribution in [3.8, 4) is 6.07 Å². The van der Waals surface area contributed by atoms with Gasteiger partial charge in [0.2, 0.25) is 0 Å². The zero-order chi connectivity index (χ0) is 13.1. The molecule has 0 radical (unpaired) electrons. The highest BCUT2D eigenvalue weighted by molar-refractivity contribution is 5.96. The van der Waals surface area contributed by atoms with Crippen LogP contribution in [0, 0.1) is 17.2 Å². The summed E-state index contributed by atoms with van der Waals surface area (Å²) in [7, 11) is 0. The van der Waals surface area contributed by atoms with Crippen LogP contribution >= 0.6 is 0 Å². The molecule has 18 heavy (non-hydrogen) atoms. The number of cyclic esters (lactones) is 1. The molecule has 1 amide bonds. The molecule has 1 aromatic rings. The van der Waals surface area contributed by atoms with Crippen LogP contribution in [0.2, 0.25) is 0 Å². The summed E-state index contributed by atoms with van der Waals surface area (Å²) in [6, 6.07) is 8.81. The smallest absolute Gasteiger partial charge is 0.414 e. The molecular weight excluding hydrogens is 232 g/mol. The van der Waals surface area contributed by atoms with Gasteiger partial charge in [-0.05, 0) is 19.1 Å². The maximum Gasteiger partial charge on any atom is 0.414 e. The lowest BCUT2D eigenvalue weighted by Crippen LogP contribution is -2.42. The minimum atomic E-state index is -0.484. The molecule has 1 aliphatic rings. The first-order valence-electron chi connectivity index (χ1n) is 5.56. The Labute approximate surface area is 105 Å². The first kappa shape index (κ1) is 12.1. The predicted molar refractivity (Wildman–Crippen MR) is 64.2 cm³/mol. The Balaban J connectivity index is 2.29. The van der Waals surface area contributed by atoms with Gasteiger partial charge in [-0.2, -0.15) is 5.26 Å². The Morgan fingerprint density at radius 3 is 3.00 bits per heavy atom. The van der Waals surface area contributed by atoms with Crippen LogP contribution in [0.4, 0.5) is 10.5 Å². The summed E-state index contributed by atoms with van der Waals surface area (Å²) in [4.78, 5) is 24.3. The first-order chi connectivity index (χ1) is 8.61. The molecule has 0 bridgehead atoms. The Hall–Kier alpha value is -2.35. The number of nitrogens with zero attached hydrogens (tertiary/aromatic N) is 2. The van der Waals surface area contributed by atoms with Gasteiger partial charge in [-0.3, -0.25) is 9.69 Å². The minimum Gasteiger partial charge on any atom is -0.448 e. The fraction of sp³-hybridized carbons (Fsp3) is 0.308. The molecule has 2 rings (SSSR count). The number of nitriles is 1. The van der Waals surface area contributed by atoms with E-state index in [4.69, 9.17) is 10.00 Å². The summed E-state index contributed by atoms with van der Waals surface area (Å²) in [5.41, 5.74) is 1.10. The van der Waals surface area contributed by atoms with E-state index in [1.807, 2.05) is 0 Å². The lowest BCUT2D eigenvalue weighted by molar-refractivity contribution is 0.101. The van der Waals surface area contributed by atoms with Crippen LogP contribution in [0.5, 0.6) is 0 Å². The summed E-state index contributed by atoms with van der Waals surface area (Å²) >= 11 is 0. The van der Waals surface area contributed by atoms with Gasteiger partial charge in [-0.1, -0.05) is 12.1 Å². The van der Waals surface area contributed by atoms with Crippen molar-refractivity contribution in [2.24, 2.45) is 5.92 Å². The van der Waals surface area contributed by atoms with Gasteiger partial charge in [-0.15, -0.1) is 0 Å². The van der Waals surface area contributed by atoms with E-state index in [1.165, 1.54) is 11.8 Å². The van der Waals surface area contributed by atoms with Crippen molar-refractivity contribution in [3.05, 3.63) is 29.8 Å². The molecule has 0 saturated carbocycles. The second-order valence-corrected chi connectivity index (χ2v) is 4.12. The molecular formula is C13H12N2O3. The zero-order valence-electron chi connectivity index (χ0n) is 9.92. The van der Waals surface area contributed by atoms with Gasteiger partial charge in [0.15, 0.2) is 5.78 Å². The van der Waals surface area contributed by atoms with Crippen molar-refractivity contribution >= 4 is 17.6 Å². The quantitative estimate of drug-likeness (QED) is 0.746. The third-order valence-electron chi connectivity index (χ3n) is 2.78. The lowest BCUT2D eigenvalue weighted by atomic mass is 10.1. The SMILES string of the molecule is CC(=O)c1cccc(N2CC(C#N)COC2=O)c1. The molecule has 1 aliphatic heterocycles. The molecule has 5 nitrogen and oxygen atoms in total. The van der Waals surface area contributed by atoms with E-state index < -0.39 is 6.09 Å². The number of hydrogen-bond donors (Lipinski definition) is 0. The Kier molecular flexibility index (Phi) is 3.28. The van der Waals surface area contributed by atoms with Crippen molar-refractivity contribution < 1.29 is 14.3 Å². The van der Waals surface area contributed by atoms with Crippen LogP contribution in [-0.2, 0) is 4.74 Å². The highest BCUT2D eigenvalue weighted by Gasteiger charge is 2.28. The molecule has 1 fully saturated rings. The normalized spacial score (nSPS) is 19.0. The lowest BCUT2D eigenvalue weighted by Gasteiger charge is -2.29. The number of carbonyl (C=O) groups excluding carboxylic acids is 2. The van der Waals surface area contributed by atoms with Crippen molar-refractivity contribution in [1.29, 1.82) is 5.26 Å². The molecule has 1 unspecified atom stereocenters. The number of ketones is 1. The second kappa shape index (κ2) is 4.88. The van der Waals surface area contributed by atoms with Crippen LogP contribution in [0.1, 0.15) is 17.3 Å². The van der Waals surface area contributed by atoms with Crippen molar-refractivity contribution in [2.45, 2.75) is 6.92 Å². The van der Waals surface area contributed by atoms with E-state index in [-0.39, 0.29) is 24.9 Å². The average molecular weight is 244 g/mol. The van der Waals surface area contributed by atoms with Crippen LogP contribution < -0.4 is 4.90 Å². The van der Waals surface area contributed by atoms with E-state index in [0.29, 0.717) is 11.3 Å². The number of carbonyl (C=O) groups is 2. The average Bonchev–Trinajstić information content (AvgIpc) is 2.39. The molecule has 1 saturated heterocycles. The molecule has 5 heteroatoms. The van der Waals surface area contributed by atoms with Gasteiger partial charge >= 0.3 is 6.09 Å². The maximum atomic E-state index is 11.6. The topological polar surface area (TPSA) is 70.4 Å². The molecule has 0 aromatic heterocycles. The Morgan fingerprint density at radius 1 is 1.56 bits per heavy atom. The molecule has 92 valence electrons. The van der Waals surface area contributed by atoms with Gasteiger partial charge in [0.05, 0.1) is 12.0 Å². The summed E-state index contributed by atoms with van der Waals surface area (Å²) in [5.74, 6) is -0.414. The second-order valence-electron chi connectivity index (χ2n) is 4.12. The third-order valence-corrected chi connectivity index (χ3v) is 2.78. The Bertz CT molecular complexity index is 533. The number of ether oxygens (including phenoxy) is 1. The van der Waals surface area contributed by atoms with E-state index in [1.54, 1.807) is 24.3 Å². The van der Waals surface area contributed by atoms with Crippen molar-refractivity contribution in [3.63, 3.8) is 0 Å². The van der Waals surface area contributed by atoms with E-state index in [0.717, 1.165) is 0 Å². The van der Waals surface area contributed by atoms with Gasteiger partial charge in [0, 0.05) is 17.8 Å². The van der Waals surface area contributed by atoms with Crippen LogP contribution in [-0.4, -0.2) is 25.0 Å². The van der Waals surface area contributed by atoms with Crippen LogP contribution in [0.25, 0.3) is 0 Å². The molecule has 0 spiro atoms. The van der Waals surface area contributed by atoms with Crippen molar-refractivity contribution in [1.82, 2.24) is 0 Å². The monoisotopic (exact) mass is 244 g/mol. The van der Waals surface area contributed by atoms with E-state index in [9.17, 15) is 9.59 Å². The number of Topliss-reactive ketones (excluding diaryl/α,β-unsaturated/α-hetero) is 1. The number of rotatable bonds is 2. The first-order valence-corrected chi connectivity index (χ1v) is 5.56. The largest absolute Gasteiger partial charge is 0.448 e. The zero-order valence-corrected chi connectivity index (χ0v) is 9.92. The number of anilines is 1. The summed E-state index contributed by atoms with van der Waals surface area (Å²) in [6.45, 7) is 1.88. The minimum absolute atomic E-state index is 0.0703. The summed E-state index contributed by atoms with van der Waals surface area (Å²) in [5, 5.41) is 8.86. The summed E-state index contributed by atoms with van der Waals surface area (Å²) < 4.78 is 4.93. The van der Waals surface area contributed by atoms with Crippen LogP contribution in [0.15, 0.2) is 24.3 Å². The van der Waals surface area contributed by atoms with Crippen molar-refractivity contribution in [2.75, 3.05) is 18.1 Å². The molecule has 1 heterocycles. The molecule has 1 atom stereocenters. The van der Waals surface area contributed by atoms with Gasteiger partial charge in [0.1, 0.15) is 6.61 Å².